The number of hydrogen-bond acceptors (Lipinski definition) is 5. The van der Waals surface area contributed by atoms with Crippen molar-refractivity contribution in [2.45, 2.75) is 25.9 Å². The van der Waals surface area contributed by atoms with E-state index in [-0.39, 0.29) is 18.6 Å². The van der Waals surface area contributed by atoms with Gasteiger partial charge in [-0.3, -0.25) is 9.78 Å². The highest BCUT2D eigenvalue weighted by molar-refractivity contribution is 5.99. The Hall–Kier alpha value is -2.99. The van der Waals surface area contributed by atoms with Crippen molar-refractivity contribution in [2.75, 3.05) is 6.61 Å². The van der Waals surface area contributed by atoms with Crippen LogP contribution in [0.3, 0.4) is 0 Å². The molecule has 0 fully saturated rings. The van der Waals surface area contributed by atoms with Gasteiger partial charge in [-0.15, -0.1) is 0 Å². The maximum absolute atomic E-state index is 13.3. The molecule has 1 N–H and O–H groups in total. The maximum Gasteiger partial charge on any atom is 0.260 e. The average molecular weight is 351 g/mol. The predicted octanol–water partition coefficient (Wildman–Crippen LogP) is 3.15. The fourth-order valence-electron chi connectivity index (χ4n) is 2.83. The number of nitrogens with zero attached hydrogens (tertiary/aromatic N) is 3. The monoisotopic (exact) mass is 351 g/mol. The summed E-state index contributed by atoms with van der Waals surface area (Å²) in [6.07, 6.45) is 3.67. The first-order chi connectivity index (χ1) is 12.7. The fourth-order valence-corrected chi connectivity index (χ4v) is 2.83. The lowest BCUT2D eigenvalue weighted by atomic mass is 10.1. The molecule has 2 heterocycles. The summed E-state index contributed by atoms with van der Waals surface area (Å²) < 4.78 is 5.09. The molecule has 134 valence electrons. The lowest BCUT2D eigenvalue weighted by molar-refractivity contribution is 0.0560. The first kappa shape index (κ1) is 17.8. The van der Waals surface area contributed by atoms with E-state index < -0.39 is 0 Å². The summed E-state index contributed by atoms with van der Waals surface area (Å²) in [4.78, 5) is 19.2. The summed E-state index contributed by atoms with van der Waals surface area (Å²) in [7, 11) is 0. The lowest BCUT2D eigenvalue weighted by Crippen LogP contribution is -2.42. The third-order valence-electron chi connectivity index (χ3n) is 4.29. The molecule has 6 nitrogen and oxygen atoms in total. The molecular weight excluding hydrogens is 330 g/mol. The van der Waals surface area contributed by atoms with Gasteiger partial charge in [0.2, 0.25) is 0 Å². The molecule has 26 heavy (non-hydrogen) atoms. The number of aliphatic hydroxyl groups is 1. The van der Waals surface area contributed by atoms with Crippen molar-refractivity contribution in [1.82, 2.24) is 15.0 Å². The Kier molecular flexibility index (Phi) is 5.76. The summed E-state index contributed by atoms with van der Waals surface area (Å²) in [6, 6.07) is 14.7. The van der Waals surface area contributed by atoms with Crippen LogP contribution in [-0.2, 0) is 6.54 Å². The molecule has 1 atom stereocenters. The molecule has 0 aliphatic heterocycles. The van der Waals surface area contributed by atoms with E-state index in [9.17, 15) is 9.90 Å². The number of amides is 1. The van der Waals surface area contributed by atoms with Gasteiger partial charge in [0.05, 0.1) is 24.9 Å². The standard InChI is InChI=1S/C20H21N3O3/c1-2-17(13-24)23(12-16-10-6-7-11-21-16)20(25)18-14-26-22-19(18)15-8-4-3-5-9-15/h3-11,14,17,24H,2,12-13H2,1H3. The number of aliphatic hydroxyl groups excluding tert-OH is 1. The van der Waals surface area contributed by atoms with Crippen LogP contribution in [0.2, 0.25) is 0 Å². The van der Waals surface area contributed by atoms with E-state index in [0.29, 0.717) is 24.2 Å². The van der Waals surface area contributed by atoms with Crippen LogP contribution in [0.4, 0.5) is 0 Å². The molecule has 3 aromatic rings. The zero-order chi connectivity index (χ0) is 18.4. The smallest absolute Gasteiger partial charge is 0.260 e. The second-order valence-corrected chi connectivity index (χ2v) is 5.94. The van der Waals surface area contributed by atoms with Gasteiger partial charge in [0.1, 0.15) is 17.5 Å². The average Bonchev–Trinajstić information content (AvgIpc) is 3.19. The van der Waals surface area contributed by atoms with Crippen LogP contribution < -0.4 is 0 Å². The van der Waals surface area contributed by atoms with Crippen LogP contribution >= 0.6 is 0 Å². The van der Waals surface area contributed by atoms with Gasteiger partial charge >= 0.3 is 0 Å². The van der Waals surface area contributed by atoms with Gasteiger partial charge in [0, 0.05) is 11.8 Å². The van der Waals surface area contributed by atoms with E-state index in [1.54, 1.807) is 11.1 Å². The molecule has 1 unspecified atom stereocenters. The van der Waals surface area contributed by atoms with Gasteiger partial charge < -0.3 is 14.5 Å². The number of hydrogen-bond donors (Lipinski definition) is 1. The minimum Gasteiger partial charge on any atom is -0.394 e. The minimum absolute atomic E-state index is 0.124. The zero-order valence-electron chi connectivity index (χ0n) is 14.6. The Bertz CT molecular complexity index is 830. The van der Waals surface area contributed by atoms with Crippen LogP contribution in [0.15, 0.2) is 65.5 Å². The second kappa shape index (κ2) is 8.40. The normalized spacial score (nSPS) is 11.9. The van der Waals surface area contributed by atoms with Crippen molar-refractivity contribution in [3.63, 3.8) is 0 Å². The van der Waals surface area contributed by atoms with Crippen molar-refractivity contribution >= 4 is 5.91 Å². The maximum atomic E-state index is 13.3. The van der Waals surface area contributed by atoms with Gasteiger partial charge in [-0.05, 0) is 18.6 Å². The van der Waals surface area contributed by atoms with Crippen molar-refractivity contribution in [2.24, 2.45) is 0 Å². The number of rotatable bonds is 7. The number of pyridine rings is 1. The lowest BCUT2D eigenvalue weighted by Gasteiger charge is -2.29. The van der Waals surface area contributed by atoms with Crippen LogP contribution in [0.5, 0.6) is 0 Å². The Balaban J connectivity index is 1.95. The van der Waals surface area contributed by atoms with Gasteiger partial charge in [0.25, 0.3) is 5.91 Å². The van der Waals surface area contributed by atoms with Gasteiger partial charge in [-0.1, -0.05) is 48.5 Å². The molecule has 1 aromatic carbocycles. The molecule has 1 amide bonds. The fraction of sp³-hybridized carbons (Fsp3) is 0.250. The van der Waals surface area contributed by atoms with Crippen LogP contribution in [0, 0.1) is 0 Å². The topological polar surface area (TPSA) is 79.5 Å². The Morgan fingerprint density at radius 2 is 1.96 bits per heavy atom. The summed E-state index contributed by atoms with van der Waals surface area (Å²) >= 11 is 0. The van der Waals surface area contributed by atoms with E-state index in [0.717, 1.165) is 11.3 Å². The minimum atomic E-state index is -0.317. The number of carbonyl (C=O) groups excluding carboxylic acids is 1. The molecule has 0 aliphatic rings. The van der Waals surface area contributed by atoms with E-state index in [1.807, 2.05) is 55.5 Å². The van der Waals surface area contributed by atoms with Crippen LogP contribution in [0.1, 0.15) is 29.4 Å². The van der Waals surface area contributed by atoms with Crippen molar-refractivity contribution < 1.29 is 14.4 Å². The van der Waals surface area contributed by atoms with E-state index in [2.05, 4.69) is 10.1 Å². The first-order valence-corrected chi connectivity index (χ1v) is 8.56. The van der Waals surface area contributed by atoms with E-state index in [1.165, 1.54) is 6.26 Å². The van der Waals surface area contributed by atoms with Gasteiger partial charge in [-0.25, -0.2) is 0 Å². The molecule has 0 saturated carbocycles. The second-order valence-electron chi connectivity index (χ2n) is 5.94. The van der Waals surface area contributed by atoms with Crippen molar-refractivity contribution in [3.8, 4) is 11.3 Å². The van der Waals surface area contributed by atoms with E-state index >= 15 is 0 Å². The Labute approximate surface area is 152 Å². The highest BCUT2D eigenvalue weighted by atomic mass is 16.5. The van der Waals surface area contributed by atoms with Crippen LogP contribution in [-0.4, -0.2) is 38.7 Å². The van der Waals surface area contributed by atoms with Gasteiger partial charge in [-0.2, -0.15) is 0 Å². The highest BCUT2D eigenvalue weighted by Crippen LogP contribution is 2.24. The summed E-state index contributed by atoms with van der Waals surface area (Å²) in [6.45, 7) is 2.12. The third kappa shape index (κ3) is 3.81. The number of carbonyl (C=O) groups is 1. The molecule has 0 spiro atoms. The third-order valence-corrected chi connectivity index (χ3v) is 4.29. The molecule has 0 radical (unpaired) electrons. The summed E-state index contributed by atoms with van der Waals surface area (Å²) in [5.41, 5.74) is 2.43. The van der Waals surface area contributed by atoms with E-state index in [4.69, 9.17) is 4.52 Å². The summed E-state index contributed by atoms with van der Waals surface area (Å²) in [5, 5.41) is 13.8. The molecule has 2 aromatic heterocycles. The molecule has 0 aliphatic carbocycles. The van der Waals surface area contributed by atoms with Gasteiger partial charge in [0.15, 0.2) is 0 Å². The number of benzene rings is 1. The van der Waals surface area contributed by atoms with Crippen molar-refractivity contribution in [1.29, 1.82) is 0 Å². The zero-order valence-corrected chi connectivity index (χ0v) is 14.6. The quantitative estimate of drug-likeness (QED) is 0.707. The molecule has 6 heteroatoms. The Morgan fingerprint density at radius 1 is 1.19 bits per heavy atom. The number of aromatic nitrogens is 2. The SMILES string of the molecule is CCC(CO)N(Cc1ccccn1)C(=O)c1conc1-c1ccccc1. The first-order valence-electron chi connectivity index (χ1n) is 8.56. The van der Waals surface area contributed by atoms with Crippen molar-refractivity contribution in [3.05, 3.63) is 72.2 Å². The molecule has 3 rings (SSSR count). The largest absolute Gasteiger partial charge is 0.394 e. The molecular formula is C20H21N3O3. The predicted molar refractivity (Wildman–Crippen MR) is 97.2 cm³/mol. The molecule has 0 saturated heterocycles. The van der Waals surface area contributed by atoms with Crippen LogP contribution in [0.25, 0.3) is 11.3 Å². The Morgan fingerprint density at radius 3 is 2.62 bits per heavy atom. The molecule has 0 bridgehead atoms. The highest BCUT2D eigenvalue weighted by Gasteiger charge is 2.28. The summed E-state index contributed by atoms with van der Waals surface area (Å²) in [5.74, 6) is -0.239.